The maximum Gasteiger partial charge on any atom is 0.306 e. The highest BCUT2D eigenvalue weighted by Crippen LogP contribution is 2.36. The van der Waals surface area contributed by atoms with Gasteiger partial charge in [0, 0.05) is 18.1 Å². The molecule has 3 atom stereocenters. The van der Waals surface area contributed by atoms with Crippen molar-refractivity contribution < 1.29 is 9.90 Å². The Morgan fingerprint density at radius 2 is 2.33 bits per heavy atom. The Kier molecular flexibility index (Phi) is 3.84. The van der Waals surface area contributed by atoms with Crippen LogP contribution in [0, 0.1) is 17.8 Å². The van der Waals surface area contributed by atoms with Gasteiger partial charge in [0.15, 0.2) is 0 Å². The normalized spacial score (nSPS) is 27.9. The molecule has 3 N–H and O–H groups in total. The maximum atomic E-state index is 11.3. The molecule has 0 spiro atoms. The Morgan fingerprint density at radius 3 is 3.00 bits per heavy atom. The maximum absolute atomic E-state index is 11.3. The van der Waals surface area contributed by atoms with Crippen LogP contribution in [-0.2, 0) is 11.2 Å². The zero-order valence-corrected chi connectivity index (χ0v) is 10.7. The monoisotopic (exact) mass is 248 g/mol. The SMILES string of the molecule is CC1CCC(C(=O)O)C(Cc2cnccc2N)C1. The molecular formula is C14H20N2O2. The molecule has 2 rings (SSSR count). The van der Waals surface area contributed by atoms with Gasteiger partial charge < -0.3 is 10.8 Å². The van der Waals surface area contributed by atoms with Crippen molar-refractivity contribution in [1.82, 2.24) is 4.98 Å². The summed E-state index contributed by atoms with van der Waals surface area (Å²) in [5.74, 6) is -0.128. The van der Waals surface area contributed by atoms with Gasteiger partial charge in [-0.15, -0.1) is 0 Å². The molecule has 0 aliphatic heterocycles. The van der Waals surface area contributed by atoms with Crippen LogP contribution in [0.2, 0.25) is 0 Å². The van der Waals surface area contributed by atoms with Crippen molar-refractivity contribution in [2.45, 2.75) is 32.6 Å². The number of rotatable bonds is 3. The number of carboxylic acids is 1. The van der Waals surface area contributed by atoms with Gasteiger partial charge in [0.2, 0.25) is 0 Å². The summed E-state index contributed by atoms with van der Waals surface area (Å²) in [4.78, 5) is 15.4. The van der Waals surface area contributed by atoms with E-state index >= 15 is 0 Å². The number of hydrogen-bond acceptors (Lipinski definition) is 3. The smallest absolute Gasteiger partial charge is 0.306 e. The first-order chi connectivity index (χ1) is 8.58. The summed E-state index contributed by atoms with van der Waals surface area (Å²) < 4.78 is 0. The van der Waals surface area contributed by atoms with Crippen LogP contribution in [-0.4, -0.2) is 16.1 Å². The molecule has 3 unspecified atom stereocenters. The minimum atomic E-state index is -0.672. The third-order valence-electron chi connectivity index (χ3n) is 3.99. The summed E-state index contributed by atoms with van der Waals surface area (Å²) in [6, 6.07) is 1.78. The van der Waals surface area contributed by atoms with Crippen LogP contribution >= 0.6 is 0 Å². The second-order valence-electron chi connectivity index (χ2n) is 5.40. The van der Waals surface area contributed by atoms with Crippen LogP contribution in [0.5, 0.6) is 0 Å². The first-order valence-corrected chi connectivity index (χ1v) is 6.49. The fourth-order valence-corrected chi connectivity index (χ4v) is 2.94. The van der Waals surface area contributed by atoms with Gasteiger partial charge in [-0.05, 0) is 49.1 Å². The van der Waals surface area contributed by atoms with Crippen LogP contribution in [0.4, 0.5) is 5.69 Å². The topological polar surface area (TPSA) is 76.2 Å². The highest BCUT2D eigenvalue weighted by molar-refractivity contribution is 5.70. The van der Waals surface area contributed by atoms with Crippen LogP contribution in [0.3, 0.4) is 0 Å². The van der Waals surface area contributed by atoms with Gasteiger partial charge in [-0.2, -0.15) is 0 Å². The number of carbonyl (C=O) groups is 1. The Balaban J connectivity index is 2.14. The largest absolute Gasteiger partial charge is 0.481 e. The van der Waals surface area contributed by atoms with E-state index < -0.39 is 5.97 Å². The van der Waals surface area contributed by atoms with Crippen molar-refractivity contribution in [3.05, 3.63) is 24.0 Å². The molecule has 18 heavy (non-hydrogen) atoms. The highest BCUT2D eigenvalue weighted by atomic mass is 16.4. The Hall–Kier alpha value is -1.58. The third-order valence-corrected chi connectivity index (χ3v) is 3.99. The molecule has 0 aromatic carbocycles. The number of anilines is 1. The number of nitrogens with zero attached hydrogens (tertiary/aromatic N) is 1. The first kappa shape index (κ1) is 12.9. The van der Waals surface area contributed by atoms with Crippen LogP contribution in [0.15, 0.2) is 18.5 Å². The number of nitrogens with two attached hydrogens (primary N) is 1. The Bertz CT molecular complexity index is 434. The first-order valence-electron chi connectivity index (χ1n) is 6.49. The lowest BCUT2D eigenvalue weighted by Gasteiger charge is -2.32. The van der Waals surface area contributed by atoms with Crippen molar-refractivity contribution in [2.75, 3.05) is 5.73 Å². The van der Waals surface area contributed by atoms with Crippen molar-refractivity contribution in [3.63, 3.8) is 0 Å². The van der Waals surface area contributed by atoms with Gasteiger partial charge in [0.1, 0.15) is 0 Å². The predicted molar refractivity (Wildman–Crippen MR) is 70.0 cm³/mol. The van der Waals surface area contributed by atoms with Gasteiger partial charge in [-0.25, -0.2) is 0 Å². The minimum absolute atomic E-state index is 0.178. The summed E-state index contributed by atoms with van der Waals surface area (Å²) in [6.45, 7) is 2.19. The molecule has 1 aromatic heterocycles. The molecule has 0 amide bonds. The zero-order valence-electron chi connectivity index (χ0n) is 10.7. The van der Waals surface area contributed by atoms with Gasteiger partial charge in [0.05, 0.1) is 5.92 Å². The van der Waals surface area contributed by atoms with Crippen molar-refractivity contribution in [3.8, 4) is 0 Å². The van der Waals surface area contributed by atoms with Gasteiger partial charge in [-0.3, -0.25) is 9.78 Å². The van der Waals surface area contributed by atoms with Crippen LogP contribution < -0.4 is 5.73 Å². The molecule has 4 heteroatoms. The number of aliphatic carboxylic acids is 1. The average Bonchev–Trinajstić information content (AvgIpc) is 2.32. The van der Waals surface area contributed by atoms with E-state index in [4.69, 9.17) is 5.73 Å². The summed E-state index contributed by atoms with van der Waals surface area (Å²) in [6.07, 6.45) is 6.90. The van der Waals surface area contributed by atoms with Crippen molar-refractivity contribution in [1.29, 1.82) is 0 Å². The molecular weight excluding hydrogens is 228 g/mol. The predicted octanol–water partition coefficient (Wildman–Crippen LogP) is 2.34. The molecule has 0 radical (unpaired) electrons. The number of pyridine rings is 1. The van der Waals surface area contributed by atoms with Crippen molar-refractivity contribution >= 4 is 11.7 Å². The lowest BCUT2D eigenvalue weighted by atomic mass is 9.72. The number of aromatic nitrogens is 1. The van der Waals surface area contributed by atoms with Crippen LogP contribution in [0.1, 0.15) is 31.7 Å². The van der Waals surface area contributed by atoms with E-state index in [1.54, 1.807) is 18.5 Å². The standard InChI is InChI=1S/C14H20N2O2/c1-9-2-3-12(14(17)18)10(6-9)7-11-8-16-5-4-13(11)15/h4-5,8-10,12H,2-3,6-7H2,1H3,(H2,15,16)(H,17,18). The molecule has 0 bridgehead atoms. The molecule has 1 aliphatic rings. The average molecular weight is 248 g/mol. The number of nitrogen functional groups attached to an aromatic ring is 1. The fourth-order valence-electron chi connectivity index (χ4n) is 2.94. The van der Waals surface area contributed by atoms with Crippen LogP contribution in [0.25, 0.3) is 0 Å². The lowest BCUT2D eigenvalue weighted by molar-refractivity contribution is -0.145. The molecule has 1 aliphatic carbocycles. The summed E-state index contributed by atoms with van der Waals surface area (Å²) >= 11 is 0. The second-order valence-corrected chi connectivity index (χ2v) is 5.40. The van der Waals surface area contributed by atoms with E-state index in [2.05, 4.69) is 11.9 Å². The zero-order chi connectivity index (χ0) is 13.1. The summed E-state index contributed by atoms with van der Waals surface area (Å²) in [5, 5.41) is 9.30. The molecule has 4 nitrogen and oxygen atoms in total. The summed E-state index contributed by atoms with van der Waals surface area (Å²) in [5.41, 5.74) is 7.60. The molecule has 1 aromatic rings. The number of hydrogen-bond donors (Lipinski definition) is 2. The molecule has 0 saturated heterocycles. The third kappa shape index (κ3) is 2.81. The van der Waals surface area contributed by atoms with E-state index in [0.717, 1.165) is 31.2 Å². The Morgan fingerprint density at radius 1 is 1.56 bits per heavy atom. The molecule has 1 saturated carbocycles. The van der Waals surface area contributed by atoms with E-state index in [-0.39, 0.29) is 11.8 Å². The van der Waals surface area contributed by atoms with Gasteiger partial charge in [0.25, 0.3) is 0 Å². The van der Waals surface area contributed by atoms with E-state index in [9.17, 15) is 9.90 Å². The second kappa shape index (κ2) is 5.38. The van der Waals surface area contributed by atoms with Gasteiger partial charge >= 0.3 is 5.97 Å². The van der Waals surface area contributed by atoms with E-state index in [1.807, 2.05) is 0 Å². The molecule has 98 valence electrons. The van der Waals surface area contributed by atoms with Gasteiger partial charge in [-0.1, -0.05) is 6.92 Å². The fraction of sp³-hybridized carbons (Fsp3) is 0.571. The molecule has 1 fully saturated rings. The molecule has 1 heterocycles. The minimum Gasteiger partial charge on any atom is -0.481 e. The number of carboxylic acid groups (broad SMARTS) is 1. The summed E-state index contributed by atoms with van der Waals surface area (Å²) in [7, 11) is 0. The lowest BCUT2D eigenvalue weighted by Crippen LogP contribution is -2.31. The highest BCUT2D eigenvalue weighted by Gasteiger charge is 2.33. The van der Waals surface area contributed by atoms with Crippen molar-refractivity contribution in [2.24, 2.45) is 17.8 Å². The van der Waals surface area contributed by atoms with E-state index in [0.29, 0.717) is 11.6 Å². The Labute approximate surface area is 107 Å². The quantitative estimate of drug-likeness (QED) is 0.860. The van der Waals surface area contributed by atoms with E-state index in [1.165, 1.54) is 0 Å².